The standard InChI is InChI=1S/C25H39NO4Si/c1-9-14-19(3)24(28)29-18-21(20-16-12-11-13-17-20)26-23(27)22(15-10-2)30-31(7,8)25(4,5)6/h9-13,16-17,19,21-22H,1-2,14-15,18H2,3-8H3,(H,26,27). The Morgan fingerprint density at radius 2 is 1.68 bits per heavy atom. The SMILES string of the molecule is C=CCC(C)C(=O)OCC(NC(=O)C(CC=C)O[Si](C)(C)C(C)(C)C)c1ccccc1. The lowest BCUT2D eigenvalue weighted by molar-refractivity contribution is -0.149. The Hall–Kier alpha value is -2.18. The van der Waals surface area contributed by atoms with Crippen molar-refractivity contribution < 1.29 is 18.8 Å². The van der Waals surface area contributed by atoms with Gasteiger partial charge in [0.25, 0.3) is 0 Å². The largest absolute Gasteiger partial charge is 0.463 e. The molecule has 0 radical (unpaired) electrons. The molecule has 31 heavy (non-hydrogen) atoms. The van der Waals surface area contributed by atoms with E-state index >= 15 is 0 Å². The number of rotatable bonds is 12. The minimum absolute atomic E-state index is 0.0254. The van der Waals surface area contributed by atoms with Crippen LogP contribution in [-0.4, -0.2) is 32.9 Å². The molecule has 0 saturated heterocycles. The van der Waals surface area contributed by atoms with Crippen LogP contribution in [0.25, 0.3) is 0 Å². The summed E-state index contributed by atoms with van der Waals surface area (Å²) in [6.07, 6.45) is 3.71. The van der Waals surface area contributed by atoms with Crippen LogP contribution in [0.2, 0.25) is 18.1 Å². The van der Waals surface area contributed by atoms with E-state index in [1.165, 1.54) is 0 Å². The number of carbonyl (C=O) groups excluding carboxylic acids is 2. The summed E-state index contributed by atoms with van der Waals surface area (Å²) >= 11 is 0. The van der Waals surface area contributed by atoms with Gasteiger partial charge >= 0.3 is 5.97 Å². The summed E-state index contributed by atoms with van der Waals surface area (Å²) in [7, 11) is -2.16. The second-order valence-corrected chi connectivity index (χ2v) is 14.2. The fraction of sp³-hybridized carbons (Fsp3) is 0.520. The molecule has 0 heterocycles. The zero-order valence-corrected chi connectivity index (χ0v) is 20.9. The Kier molecular flexibility index (Phi) is 10.4. The maximum absolute atomic E-state index is 13.2. The van der Waals surface area contributed by atoms with Crippen LogP contribution < -0.4 is 5.32 Å². The summed E-state index contributed by atoms with van der Waals surface area (Å²) in [5.74, 6) is -0.816. The first-order valence-corrected chi connectivity index (χ1v) is 13.7. The minimum Gasteiger partial charge on any atom is -0.463 e. The molecule has 172 valence electrons. The molecule has 1 aromatic rings. The number of hydrogen-bond donors (Lipinski definition) is 1. The maximum Gasteiger partial charge on any atom is 0.309 e. The van der Waals surface area contributed by atoms with Gasteiger partial charge in [0, 0.05) is 0 Å². The van der Waals surface area contributed by atoms with E-state index in [0.29, 0.717) is 12.8 Å². The van der Waals surface area contributed by atoms with Crippen LogP contribution in [0.3, 0.4) is 0 Å². The average molecular weight is 446 g/mol. The lowest BCUT2D eigenvalue weighted by Crippen LogP contribution is -2.49. The Labute approximate surface area is 189 Å². The van der Waals surface area contributed by atoms with Crippen molar-refractivity contribution in [3.63, 3.8) is 0 Å². The summed E-state index contributed by atoms with van der Waals surface area (Å²) in [4.78, 5) is 25.5. The van der Waals surface area contributed by atoms with Gasteiger partial charge in [0.05, 0.1) is 12.0 Å². The molecular formula is C25H39NO4Si. The molecule has 6 heteroatoms. The van der Waals surface area contributed by atoms with Gasteiger partial charge in [-0.3, -0.25) is 9.59 Å². The number of ether oxygens (including phenoxy) is 1. The summed E-state index contributed by atoms with van der Waals surface area (Å²) in [5, 5.41) is 3.01. The number of nitrogens with one attached hydrogen (secondary N) is 1. The molecule has 0 aliphatic carbocycles. The molecule has 0 bridgehead atoms. The Balaban J connectivity index is 3.00. The molecule has 0 saturated carbocycles. The second kappa shape index (κ2) is 12.0. The fourth-order valence-corrected chi connectivity index (χ4v) is 3.99. The molecule has 1 aromatic carbocycles. The Morgan fingerprint density at radius 1 is 1.10 bits per heavy atom. The fourth-order valence-electron chi connectivity index (χ4n) is 2.72. The first-order chi connectivity index (χ1) is 14.4. The number of carbonyl (C=O) groups is 2. The molecule has 3 atom stereocenters. The van der Waals surface area contributed by atoms with E-state index in [0.717, 1.165) is 5.56 Å². The molecule has 1 N–H and O–H groups in total. The Morgan fingerprint density at radius 3 is 2.19 bits per heavy atom. The number of allylic oxidation sites excluding steroid dienone is 1. The van der Waals surface area contributed by atoms with Gasteiger partial charge in [-0.05, 0) is 36.5 Å². The van der Waals surface area contributed by atoms with E-state index in [2.05, 4.69) is 52.3 Å². The van der Waals surface area contributed by atoms with Gasteiger partial charge in [-0.15, -0.1) is 13.2 Å². The lowest BCUT2D eigenvalue weighted by atomic mass is 10.1. The lowest BCUT2D eigenvalue weighted by Gasteiger charge is -2.39. The highest BCUT2D eigenvalue weighted by molar-refractivity contribution is 6.74. The molecule has 0 aliphatic heterocycles. The molecular weight excluding hydrogens is 406 g/mol. The van der Waals surface area contributed by atoms with Crippen LogP contribution in [0.15, 0.2) is 55.6 Å². The predicted octanol–water partition coefficient (Wildman–Crippen LogP) is 5.57. The van der Waals surface area contributed by atoms with Crippen LogP contribution in [0.4, 0.5) is 0 Å². The van der Waals surface area contributed by atoms with Crippen molar-refractivity contribution in [3.05, 3.63) is 61.2 Å². The van der Waals surface area contributed by atoms with Gasteiger partial charge in [0.2, 0.25) is 5.91 Å². The van der Waals surface area contributed by atoms with Crippen molar-refractivity contribution in [1.82, 2.24) is 5.32 Å². The second-order valence-electron chi connectivity index (χ2n) is 9.42. The molecule has 0 aromatic heterocycles. The van der Waals surface area contributed by atoms with Crippen molar-refractivity contribution in [1.29, 1.82) is 0 Å². The van der Waals surface area contributed by atoms with Crippen molar-refractivity contribution in [2.45, 2.75) is 70.8 Å². The third-order valence-electron chi connectivity index (χ3n) is 5.75. The molecule has 0 fully saturated rings. The van der Waals surface area contributed by atoms with Crippen molar-refractivity contribution in [2.24, 2.45) is 5.92 Å². The van der Waals surface area contributed by atoms with E-state index in [1.54, 1.807) is 19.1 Å². The van der Waals surface area contributed by atoms with E-state index < -0.39 is 20.5 Å². The summed E-state index contributed by atoms with van der Waals surface area (Å²) in [6.45, 7) is 20.0. The summed E-state index contributed by atoms with van der Waals surface area (Å²) in [6, 6.07) is 9.03. The molecule has 1 rings (SSSR count). The zero-order valence-electron chi connectivity index (χ0n) is 19.9. The summed E-state index contributed by atoms with van der Waals surface area (Å²) < 4.78 is 11.9. The van der Waals surface area contributed by atoms with E-state index in [4.69, 9.17) is 9.16 Å². The normalized spacial score (nSPS) is 14.8. The Bertz CT molecular complexity index is 740. The van der Waals surface area contributed by atoms with E-state index in [-0.39, 0.29) is 29.4 Å². The van der Waals surface area contributed by atoms with Crippen LogP contribution in [0.1, 0.15) is 52.1 Å². The monoisotopic (exact) mass is 445 g/mol. The molecule has 0 aliphatic rings. The molecule has 1 amide bonds. The predicted molar refractivity (Wildman–Crippen MR) is 129 cm³/mol. The van der Waals surface area contributed by atoms with Crippen molar-refractivity contribution >= 4 is 20.2 Å². The van der Waals surface area contributed by atoms with Crippen molar-refractivity contribution in [3.8, 4) is 0 Å². The zero-order chi connectivity index (χ0) is 23.7. The quantitative estimate of drug-likeness (QED) is 0.260. The van der Waals surface area contributed by atoms with Gasteiger partial charge in [-0.1, -0.05) is 70.2 Å². The minimum atomic E-state index is -2.16. The third kappa shape index (κ3) is 8.46. The van der Waals surface area contributed by atoms with Gasteiger partial charge < -0.3 is 14.5 Å². The number of hydrogen-bond acceptors (Lipinski definition) is 4. The van der Waals surface area contributed by atoms with Gasteiger partial charge in [-0.25, -0.2) is 0 Å². The smallest absolute Gasteiger partial charge is 0.309 e. The van der Waals surface area contributed by atoms with E-state index in [9.17, 15) is 9.59 Å². The highest BCUT2D eigenvalue weighted by Gasteiger charge is 2.40. The van der Waals surface area contributed by atoms with Crippen molar-refractivity contribution in [2.75, 3.05) is 6.61 Å². The van der Waals surface area contributed by atoms with Gasteiger partial charge in [0.1, 0.15) is 12.7 Å². The first-order valence-electron chi connectivity index (χ1n) is 10.8. The van der Waals surface area contributed by atoms with Crippen LogP contribution in [0, 0.1) is 5.92 Å². The third-order valence-corrected chi connectivity index (χ3v) is 10.2. The highest BCUT2D eigenvalue weighted by atomic mass is 28.4. The highest BCUT2D eigenvalue weighted by Crippen LogP contribution is 2.37. The topological polar surface area (TPSA) is 64.6 Å². The molecule has 0 spiro atoms. The number of amides is 1. The van der Waals surface area contributed by atoms with Gasteiger partial charge in [0.15, 0.2) is 8.32 Å². The van der Waals surface area contributed by atoms with Crippen LogP contribution in [0.5, 0.6) is 0 Å². The summed E-state index contributed by atoms with van der Waals surface area (Å²) in [5.41, 5.74) is 0.865. The number of benzene rings is 1. The first kappa shape index (κ1) is 26.9. The number of esters is 1. The van der Waals surface area contributed by atoms with Gasteiger partial charge in [-0.2, -0.15) is 0 Å². The van der Waals surface area contributed by atoms with E-state index in [1.807, 2.05) is 30.3 Å². The average Bonchev–Trinajstić information content (AvgIpc) is 2.70. The molecule has 3 unspecified atom stereocenters. The maximum atomic E-state index is 13.2. The van der Waals surface area contributed by atoms with Crippen LogP contribution >= 0.6 is 0 Å². The van der Waals surface area contributed by atoms with Crippen LogP contribution in [-0.2, 0) is 18.8 Å². The molecule has 5 nitrogen and oxygen atoms in total.